The van der Waals surface area contributed by atoms with Gasteiger partial charge < -0.3 is 5.32 Å². The van der Waals surface area contributed by atoms with E-state index >= 15 is 0 Å². The molecule has 1 heterocycles. The zero-order valence-electron chi connectivity index (χ0n) is 16.0. The first-order valence-electron chi connectivity index (χ1n) is 9.28. The second-order valence-electron chi connectivity index (χ2n) is 6.97. The van der Waals surface area contributed by atoms with Crippen LogP contribution in [0.1, 0.15) is 12.5 Å². The maximum atomic E-state index is 13.7. The standard InChI is InChI=1S/C20H23F2N3O3S/c1-15(20(26)23-19-13-17(21)7-8-18(19)22)24-9-11-25(12-10-24)29(27,28)14-16-5-3-2-4-6-16/h2-8,13,15H,9-12,14H2,1H3,(H,23,26)/t15-/m0/s1. The lowest BCUT2D eigenvalue weighted by Crippen LogP contribution is -2.54. The number of nitrogens with one attached hydrogen (secondary N) is 1. The molecule has 9 heteroatoms. The molecule has 1 N–H and O–H groups in total. The topological polar surface area (TPSA) is 69.7 Å². The second kappa shape index (κ2) is 8.98. The molecule has 1 amide bonds. The first-order chi connectivity index (χ1) is 13.8. The van der Waals surface area contributed by atoms with Gasteiger partial charge in [0.25, 0.3) is 0 Å². The van der Waals surface area contributed by atoms with E-state index in [1.165, 1.54) is 4.31 Å². The quantitative estimate of drug-likeness (QED) is 0.775. The predicted molar refractivity (Wildman–Crippen MR) is 107 cm³/mol. The van der Waals surface area contributed by atoms with Gasteiger partial charge in [0, 0.05) is 32.2 Å². The second-order valence-corrected chi connectivity index (χ2v) is 8.94. The van der Waals surface area contributed by atoms with E-state index in [0.717, 1.165) is 23.8 Å². The molecule has 0 aromatic heterocycles. The number of anilines is 1. The van der Waals surface area contributed by atoms with Gasteiger partial charge in [-0.25, -0.2) is 17.2 Å². The van der Waals surface area contributed by atoms with Crippen molar-refractivity contribution in [3.63, 3.8) is 0 Å². The molecule has 1 saturated heterocycles. The van der Waals surface area contributed by atoms with Crippen LogP contribution in [0, 0.1) is 11.6 Å². The molecule has 6 nitrogen and oxygen atoms in total. The largest absolute Gasteiger partial charge is 0.322 e. The van der Waals surface area contributed by atoms with E-state index in [9.17, 15) is 22.0 Å². The molecule has 1 atom stereocenters. The highest BCUT2D eigenvalue weighted by atomic mass is 32.2. The predicted octanol–water partition coefficient (Wildman–Crippen LogP) is 2.44. The molecule has 1 aliphatic heterocycles. The van der Waals surface area contributed by atoms with Gasteiger partial charge in [-0.15, -0.1) is 0 Å². The molecule has 156 valence electrons. The molecule has 1 aliphatic rings. The van der Waals surface area contributed by atoms with Crippen LogP contribution in [0.3, 0.4) is 0 Å². The van der Waals surface area contributed by atoms with Crippen molar-refractivity contribution in [1.82, 2.24) is 9.21 Å². The molecule has 2 aromatic rings. The monoisotopic (exact) mass is 423 g/mol. The summed E-state index contributed by atoms with van der Waals surface area (Å²) >= 11 is 0. The lowest BCUT2D eigenvalue weighted by atomic mass is 10.2. The summed E-state index contributed by atoms with van der Waals surface area (Å²) < 4.78 is 53.7. The minimum atomic E-state index is -3.45. The number of carbonyl (C=O) groups excluding carboxylic acids is 1. The van der Waals surface area contributed by atoms with Crippen molar-refractivity contribution in [2.24, 2.45) is 0 Å². The number of amides is 1. The Bertz CT molecular complexity index is 962. The molecule has 0 saturated carbocycles. The minimum absolute atomic E-state index is 0.0667. The number of halogens is 2. The first kappa shape index (κ1) is 21.4. The average molecular weight is 423 g/mol. The summed E-state index contributed by atoms with van der Waals surface area (Å²) in [6.07, 6.45) is 0. The molecule has 0 aliphatic carbocycles. The number of rotatable bonds is 6. The Morgan fingerprint density at radius 3 is 2.38 bits per heavy atom. The van der Waals surface area contributed by atoms with Gasteiger partial charge in [0.2, 0.25) is 15.9 Å². The van der Waals surface area contributed by atoms with E-state index < -0.39 is 33.6 Å². The molecule has 0 radical (unpaired) electrons. The zero-order valence-corrected chi connectivity index (χ0v) is 16.8. The van der Waals surface area contributed by atoms with Crippen LogP contribution in [-0.2, 0) is 20.6 Å². The number of hydrogen-bond donors (Lipinski definition) is 1. The molecular weight excluding hydrogens is 400 g/mol. The average Bonchev–Trinajstić information content (AvgIpc) is 2.70. The van der Waals surface area contributed by atoms with Crippen LogP contribution in [-0.4, -0.2) is 55.8 Å². The summed E-state index contributed by atoms with van der Waals surface area (Å²) in [5.74, 6) is -1.91. The summed E-state index contributed by atoms with van der Waals surface area (Å²) in [7, 11) is -3.45. The van der Waals surface area contributed by atoms with Crippen molar-refractivity contribution >= 4 is 21.6 Å². The Hall–Kier alpha value is -2.36. The van der Waals surface area contributed by atoms with Gasteiger partial charge in [-0.1, -0.05) is 30.3 Å². The van der Waals surface area contributed by atoms with Crippen molar-refractivity contribution in [1.29, 1.82) is 0 Å². The summed E-state index contributed by atoms with van der Waals surface area (Å²) in [5.41, 5.74) is 0.505. The van der Waals surface area contributed by atoms with E-state index in [2.05, 4.69) is 5.32 Å². The van der Waals surface area contributed by atoms with Crippen molar-refractivity contribution in [2.45, 2.75) is 18.7 Å². The minimum Gasteiger partial charge on any atom is -0.322 e. The van der Waals surface area contributed by atoms with Crippen molar-refractivity contribution in [3.8, 4) is 0 Å². The lowest BCUT2D eigenvalue weighted by molar-refractivity contribution is -0.121. The third-order valence-corrected chi connectivity index (χ3v) is 6.82. The number of benzene rings is 2. The highest BCUT2D eigenvalue weighted by molar-refractivity contribution is 7.88. The fourth-order valence-corrected chi connectivity index (χ4v) is 4.76. The van der Waals surface area contributed by atoms with Crippen molar-refractivity contribution in [2.75, 3.05) is 31.5 Å². The molecule has 3 rings (SSSR count). The molecule has 0 unspecified atom stereocenters. The maximum Gasteiger partial charge on any atom is 0.241 e. The summed E-state index contributed by atoms with van der Waals surface area (Å²) in [4.78, 5) is 14.2. The maximum absolute atomic E-state index is 13.7. The SMILES string of the molecule is C[C@@H](C(=O)Nc1cc(F)ccc1F)N1CCN(S(=O)(=O)Cc2ccccc2)CC1. The van der Waals surface area contributed by atoms with Gasteiger partial charge in [0.1, 0.15) is 11.6 Å². The Morgan fingerprint density at radius 1 is 1.07 bits per heavy atom. The zero-order chi connectivity index (χ0) is 21.0. The van der Waals surface area contributed by atoms with Crippen LogP contribution in [0.4, 0.5) is 14.5 Å². The van der Waals surface area contributed by atoms with Crippen LogP contribution in [0.25, 0.3) is 0 Å². The fraction of sp³-hybridized carbons (Fsp3) is 0.350. The summed E-state index contributed by atoms with van der Waals surface area (Å²) in [6, 6.07) is 11.2. The Balaban J connectivity index is 1.56. The third kappa shape index (κ3) is 5.37. The lowest BCUT2D eigenvalue weighted by Gasteiger charge is -2.36. The molecule has 29 heavy (non-hydrogen) atoms. The Labute approximate surface area is 169 Å². The smallest absolute Gasteiger partial charge is 0.241 e. The fourth-order valence-electron chi connectivity index (χ4n) is 3.24. The van der Waals surface area contributed by atoms with Gasteiger partial charge in [-0.2, -0.15) is 4.31 Å². The van der Waals surface area contributed by atoms with E-state index in [1.807, 2.05) is 11.0 Å². The third-order valence-electron chi connectivity index (χ3n) is 4.97. The molecule has 0 bridgehead atoms. The Morgan fingerprint density at radius 2 is 1.72 bits per heavy atom. The summed E-state index contributed by atoms with van der Waals surface area (Å²) in [6.45, 7) is 2.92. The van der Waals surface area contributed by atoms with Crippen LogP contribution in [0.15, 0.2) is 48.5 Å². The highest BCUT2D eigenvalue weighted by Crippen LogP contribution is 2.18. The molecule has 1 fully saturated rings. The van der Waals surface area contributed by atoms with Gasteiger partial charge in [0.15, 0.2) is 0 Å². The first-order valence-corrected chi connectivity index (χ1v) is 10.9. The number of nitrogens with zero attached hydrogens (tertiary/aromatic N) is 2. The van der Waals surface area contributed by atoms with Crippen molar-refractivity contribution < 1.29 is 22.0 Å². The molecule has 2 aromatic carbocycles. The summed E-state index contributed by atoms with van der Waals surface area (Å²) in [5, 5.41) is 2.39. The van der Waals surface area contributed by atoms with E-state index in [1.54, 1.807) is 31.2 Å². The van der Waals surface area contributed by atoms with Gasteiger partial charge >= 0.3 is 0 Å². The van der Waals surface area contributed by atoms with E-state index in [-0.39, 0.29) is 24.5 Å². The van der Waals surface area contributed by atoms with Crippen LogP contribution >= 0.6 is 0 Å². The van der Waals surface area contributed by atoms with Gasteiger partial charge in [-0.05, 0) is 24.6 Å². The van der Waals surface area contributed by atoms with E-state index in [0.29, 0.717) is 13.1 Å². The van der Waals surface area contributed by atoms with Gasteiger partial charge in [-0.3, -0.25) is 9.69 Å². The normalized spacial score (nSPS) is 17.1. The number of carbonyl (C=O) groups is 1. The van der Waals surface area contributed by atoms with Crippen LogP contribution < -0.4 is 5.32 Å². The van der Waals surface area contributed by atoms with Gasteiger partial charge in [0.05, 0.1) is 17.5 Å². The number of piperazine rings is 1. The van der Waals surface area contributed by atoms with E-state index in [4.69, 9.17) is 0 Å². The molecular formula is C20H23F2N3O3S. The van der Waals surface area contributed by atoms with Crippen molar-refractivity contribution in [3.05, 3.63) is 65.7 Å². The number of hydrogen-bond acceptors (Lipinski definition) is 4. The number of sulfonamides is 1. The Kier molecular flexibility index (Phi) is 6.61. The van der Waals surface area contributed by atoms with Crippen LogP contribution in [0.2, 0.25) is 0 Å². The molecule has 0 spiro atoms. The van der Waals surface area contributed by atoms with Crippen LogP contribution in [0.5, 0.6) is 0 Å². The highest BCUT2D eigenvalue weighted by Gasteiger charge is 2.31.